The third-order valence-electron chi connectivity index (χ3n) is 2.27. The molecule has 0 atom stereocenters. The van der Waals surface area contributed by atoms with Gasteiger partial charge in [-0.25, -0.2) is 9.97 Å². The Morgan fingerprint density at radius 1 is 1.19 bits per heavy atom. The average Bonchev–Trinajstić information content (AvgIpc) is 2.30. The van der Waals surface area contributed by atoms with E-state index in [4.69, 9.17) is 0 Å². The highest BCUT2D eigenvalue weighted by Gasteiger charge is 2.03. The molecule has 0 amide bonds. The van der Waals surface area contributed by atoms with E-state index in [-0.39, 0.29) is 0 Å². The molecule has 0 aliphatic carbocycles. The van der Waals surface area contributed by atoms with Gasteiger partial charge in [0.25, 0.3) is 0 Å². The van der Waals surface area contributed by atoms with E-state index in [1.54, 1.807) is 6.33 Å². The van der Waals surface area contributed by atoms with Crippen molar-refractivity contribution in [1.82, 2.24) is 9.97 Å². The number of nitrogens with zero attached hydrogens (tertiary/aromatic N) is 3. The van der Waals surface area contributed by atoms with Crippen molar-refractivity contribution < 1.29 is 0 Å². The normalized spacial score (nSPS) is 10.1. The Kier molecular flexibility index (Phi) is 3.51. The van der Waals surface area contributed by atoms with Gasteiger partial charge in [-0.05, 0) is 21.5 Å². The van der Waals surface area contributed by atoms with Gasteiger partial charge >= 0.3 is 0 Å². The summed E-state index contributed by atoms with van der Waals surface area (Å²) in [5, 5.41) is 0. The lowest BCUT2D eigenvalue weighted by atomic mass is 10.2. The highest BCUT2D eigenvalue weighted by Crippen LogP contribution is 2.15. The second-order valence-corrected chi connectivity index (χ2v) is 4.35. The van der Waals surface area contributed by atoms with Crippen LogP contribution >= 0.6 is 15.9 Å². The monoisotopic (exact) mass is 277 g/mol. The summed E-state index contributed by atoms with van der Waals surface area (Å²) in [5.41, 5.74) is 1.26. The van der Waals surface area contributed by atoms with E-state index < -0.39 is 0 Å². The summed E-state index contributed by atoms with van der Waals surface area (Å²) in [6.45, 7) is 0.838. The van der Waals surface area contributed by atoms with Crippen LogP contribution in [0.15, 0.2) is 47.3 Å². The summed E-state index contributed by atoms with van der Waals surface area (Å²) >= 11 is 3.34. The molecule has 0 saturated carbocycles. The predicted octanol–water partition coefficient (Wildman–Crippen LogP) is 2.88. The van der Waals surface area contributed by atoms with Crippen molar-refractivity contribution in [1.29, 1.82) is 0 Å². The van der Waals surface area contributed by atoms with E-state index in [1.807, 2.05) is 31.3 Å². The fourth-order valence-electron chi connectivity index (χ4n) is 1.47. The maximum Gasteiger partial charge on any atom is 0.133 e. The van der Waals surface area contributed by atoms with Gasteiger partial charge in [-0.15, -0.1) is 0 Å². The second kappa shape index (κ2) is 5.07. The van der Waals surface area contributed by atoms with Crippen LogP contribution in [-0.2, 0) is 6.54 Å². The van der Waals surface area contributed by atoms with Crippen molar-refractivity contribution in [3.63, 3.8) is 0 Å². The van der Waals surface area contributed by atoms with Crippen molar-refractivity contribution >= 4 is 21.7 Å². The lowest BCUT2D eigenvalue weighted by Crippen LogP contribution is -2.17. The Labute approximate surface area is 103 Å². The highest BCUT2D eigenvalue weighted by atomic mass is 79.9. The maximum absolute atomic E-state index is 4.22. The zero-order valence-electron chi connectivity index (χ0n) is 8.97. The van der Waals surface area contributed by atoms with Gasteiger partial charge < -0.3 is 4.90 Å². The van der Waals surface area contributed by atoms with Gasteiger partial charge in [0.15, 0.2) is 0 Å². The molecule has 0 aliphatic heterocycles. The molecule has 82 valence electrons. The molecule has 16 heavy (non-hydrogen) atoms. The summed E-state index contributed by atoms with van der Waals surface area (Å²) in [4.78, 5) is 10.3. The van der Waals surface area contributed by atoms with E-state index in [1.165, 1.54) is 5.56 Å². The third kappa shape index (κ3) is 2.79. The van der Waals surface area contributed by atoms with E-state index in [2.05, 4.69) is 42.9 Å². The molecule has 1 heterocycles. The Morgan fingerprint density at radius 2 is 1.94 bits per heavy atom. The van der Waals surface area contributed by atoms with Crippen LogP contribution in [0.3, 0.4) is 0 Å². The van der Waals surface area contributed by atoms with Crippen LogP contribution in [0.5, 0.6) is 0 Å². The van der Waals surface area contributed by atoms with Crippen LogP contribution in [0, 0.1) is 0 Å². The summed E-state index contributed by atoms with van der Waals surface area (Å²) in [6.07, 6.45) is 1.56. The first kappa shape index (κ1) is 11.1. The number of halogens is 1. The van der Waals surface area contributed by atoms with Gasteiger partial charge in [0, 0.05) is 19.7 Å². The molecular formula is C12H12BrN3. The predicted molar refractivity (Wildman–Crippen MR) is 68.3 cm³/mol. The Bertz CT molecular complexity index is 459. The number of hydrogen-bond acceptors (Lipinski definition) is 3. The molecule has 2 rings (SSSR count). The zero-order chi connectivity index (χ0) is 11.4. The minimum atomic E-state index is 0.803. The quantitative estimate of drug-likeness (QED) is 0.808. The fraction of sp³-hybridized carbons (Fsp3) is 0.167. The lowest BCUT2D eigenvalue weighted by molar-refractivity contribution is 0.888. The molecule has 0 spiro atoms. The standard InChI is InChI=1S/C12H12BrN3/c1-16(8-10-5-3-2-4-6-10)12-7-11(13)14-9-15-12/h2-7,9H,8H2,1H3. The van der Waals surface area contributed by atoms with E-state index in [9.17, 15) is 0 Å². The van der Waals surface area contributed by atoms with Gasteiger partial charge in [0.1, 0.15) is 16.7 Å². The van der Waals surface area contributed by atoms with Crippen LogP contribution in [0.4, 0.5) is 5.82 Å². The Hall–Kier alpha value is -1.42. The summed E-state index contributed by atoms with van der Waals surface area (Å²) in [5.74, 6) is 0.908. The first-order chi connectivity index (χ1) is 7.75. The first-order valence-electron chi connectivity index (χ1n) is 4.98. The van der Waals surface area contributed by atoms with Gasteiger partial charge in [-0.3, -0.25) is 0 Å². The summed E-state index contributed by atoms with van der Waals surface area (Å²) in [7, 11) is 2.02. The molecule has 0 aliphatic rings. The molecule has 0 unspecified atom stereocenters. The molecule has 1 aromatic heterocycles. The molecular weight excluding hydrogens is 266 g/mol. The van der Waals surface area contributed by atoms with Gasteiger partial charge in [-0.1, -0.05) is 30.3 Å². The second-order valence-electron chi connectivity index (χ2n) is 3.54. The van der Waals surface area contributed by atoms with E-state index in [0.717, 1.165) is 17.0 Å². The van der Waals surface area contributed by atoms with Crippen molar-refractivity contribution in [3.05, 3.63) is 52.9 Å². The van der Waals surface area contributed by atoms with Gasteiger partial charge in [-0.2, -0.15) is 0 Å². The van der Waals surface area contributed by atoms with Crippen LogP contribution in [0.1, 0.15) is 5.56 Å². The molecule has 3 nitrogen and oxygen atoms in total. The Morgan fingerprint density at radius 3 is 2.62 bits per heavy atom. The van der Waals surface area contributed by atoms with Crippen LogP contribution in [0.25, 0.3) is 0 Å². The van der Waals surface area contributed by atoms with Crippen LogP contribution in [-0.4, -0.2) is 17.0 Å². The van der Waals surface area contributed by atoms with E-state index in [0.29, 0.717) is 0 Å². The van der Waals surface area contributed by atoms with E-state index >= 15 is 0 Å². The van der Waals surface area contributed by atoms with Crippen molar-refractivity contribution in [2.24, 2.45) is 0 Å². The highest BCUT2D eigenvalue weighted by molar-refractivity contribution is 9.10. The molecule has 4 heteroatoms. The summed E-state index contributed by atoms with van der Waals surface area (Å²) in [6, 6.07) is 12.2. The number of hydrogen-bond donors (Lipinski definition) is 0. The Balaban J connectivity index is 2.12. The van der Waals surface area contributed by atoms with Gasteiger partial charge in [0.2, 0.25) is 0 Å². The molecule has 0 radical (unpaired) electrons. The zero-order valence-corrected chi connectivity index (χ0v) is 10.6. The van der Waals surface area contributed by atoms with Crippen molar-refractivity contribution in [2.45, 2.75) is 6.54 Å². The van der Waals surface area contributed by atoms with Crippen molar-refractivity contribution in [2.75, 3.05) is 11.9 Å². The van der Waals surface area contributed by atoms with Crippen molar-refractivity contribution in [3.8, 4) is 0 Å². The lowest BCUT2D eigenvalue weighted by Gasteiger charge is -2.17. The number of anilines is 1. The smallest absolute Gasteiger partial charge is 0.133 e. The molecule has 0 bridgehead atoms. The topological polar surface area (TPSA) is 29.0 Å². The molecule has 0 saturated heterocycles. The van der Waals surface area contributed by atoms with Crippen LogP contribution < -0.4 is 4.90 Å². The van der Waals surface area contributed by atoms with Crippen LogP contribution in [0.2, 0.25) is 0 Å². The SMILES string of the molecule is CN(Cc1ccccc1)c1cc(Br)ncn1. The molecule has 2 aromatic rings. The molecule has 0 fully saturated rings. The minimum Gasteiger partial charge on any atom is -0.355 e. The number of rotatable bonds is 3. The maximum atomic E-state index is 4.22. The fourth-order valence-corrected chi connectivity index (χ4v) is 1.77. The third-order valence-corrected chi connectivity index (χ3v) is 2.71. The number of aromatic nitrogens is 2. The van der Waals surface area contributed by atoms with Gasteiger partial charge in [0.05, 0.1) is 0 Å². The molecule has 1 aromatic carbocycles. The minimum absolute atomic E-state index is 0.803. The largest absolute Gasteiger partial charge is 0.355 e. The first-order valence-corrected chi connectivity index (χ1v) is 5.77. The summed E-state index contributed by atoms with van der Waals surface area (Å²) < 4.78 is 0.803. The molecule has 0 N–H and O–H groups in total. The average molecular weight is 278 g/mol. The number of benzene rings is 1.